The quantitative estimate of drug-likeness (QED) is 0.0204. The monoisotopic (exact) mass is 866 g/mol. The van der Waals surface area contributed by atoms with Crippen LogP contribution in [0.15, 0.2) is 12.3 Å². The Kier molecular flexibility index (Phi) is 49.0. The van der Waals surface area contributed by atoms with Gasteiger partial charge < -0.3 is 25.2 Å². The van der Waals surface area contributed by atoms with Crippen molar-refractivity contribution >= 4 is 17.6 Å². The molecule has 0 aliphatic rings. The average Bonchev–Trinajstić information content (AvgIpc) is 3.26. The van der Waals surface area contributed by atoms with E-state index in [0.29, 0.717) is 26.0 Å². The molecular formula is C51H99N3O7. The Morgan fingerprint density at radius 2 is 0.902 bits per heavy atom. The largest absolute Gasteiger partial charge is 0.379 e. The zero-order valence-corrected chi connectivity index (χ0v) is 40.4. The molecule has 0 aliphatic carbocycles. The number of unbranched alkanes of at least 4 members (excludes halogenated alkanes) is 30. The summed E-state index contributed by atoms with van der Waals surface area (Å²) in [6.45, 7) is 9.13. The molecule has 2 N–H and O–H groups in total. The van der Waals surface area contributed by atoms with Gasteiger partial charge in [-0.1, -0.05) is 206 Å². The van der Waals surface area contributed by atoms with E-state index in [0.717, 1.165) is 32.0 Å². The van der Waals surface area contributed by atoms with Crippen molar-refractivity contribution in [2.24, 2.45) is 0 Å². The van der Waals surface area contributed by atoms with E-state index in [9.17, 15) is 14.4 Å². The van der Waals surface area contributed by atoms with Gasteiger partial charge in [-0.05, 0) is 37.4 Å². The molecule has 0 fully saturated rings. The molecule has 0 aromatic carbocycles. The molecule has 0 rings (SSSR count). The van der Waals surface area contributed by atoms with Crippen LogP contribution in [0.25, 0.3) is 0 Å². The van der Waals surface area contributed by atoms with Crippen molar-refractivity contribution in [1.82, 2.24) is 15.5 Å². The third-order valence-electron chi connectivity index (χ3n) is 11.7. The van der Waals surface area contributed by atoms with E-state index >= 15 is 0 Å². The van der Waals surface area contributed by atoms with Crippen molar-refractivity contribution in [2.75, 3.05) is 53.0 Å². The first-order chi connectivity index (χ1) is 30.0. The lowest BCUT2D eigenvalue weighted by Gasteiger charge is -2.22. The van der Waals surface area contributed by atoms with Gasteiger partial charge in [0.2, 0.25) is 11.8 Å². The second-order valence-corrected chi connectivity index (χ2v) is 17.5. The molecule has 2 amide bonds. The predicted octanol–water partition coefficient (Wildman–Crippen LogP) is 13.2. The first-order valence-corrected chi connectivity index (χ1v) is 25.9. The van der Waals surface area contributed by atoms with Crippen LogP contribution < -0.4 is 10.6 Å². The Balaban J connectivity index is 4.18. The maximum Gasteiger partial charge on any atom is 0.246 e. The summed E-state index contributed by atoms with van der Waals surface area (Å²) < 4.78 is 5.44. The molecule has 0 unspecified atom stereocenters. The van der Waals surface area contributed by atoms with E-state index in [4.69, 9.17) is 9.62 Å². The fraction of sp³-hybridized carbons (Fsp3) is 0.902. The van der Waals surface area contributed by atoms with Crippen molar-refractivity contribution in [2.45, 2.75) is 245 Å². The van der Waals surface area contributed by atoms with Gasteiger partial charge in [0.1, 0.15) is 18.7 Å². The number of Topliss-reactive ketones (excluding diaryl/α,β-unsaturated/α-hetero) is 1. The van der Waals surface area contributed by atoms with Gasteiger partial charge in [-0.25, -0.2) is 0 Å². The zero-order valence-electron chi connectivity index (χ0n) is 40.4. The summed E-state index contributed by atoms with van der Waals surface area (Å²) >= 11 is 0. The zero-order chi connectivity index (χ0) is 44.4. The topological polar surface area (TPSA) is 115 Å². The number of carbonyl (C=O) groups excluding carboxylic acids is 3. The van der Waals surface area contributed by atoms with Crippen molar-refractivity contribution in [3.8, 4) is 0 Å². The molecule has 0 atom stereocenters. The molecule has 0 aromatic heterocycles. The molecular weight excluding hydrogens is 767 g/mol. The molecule has 0 spiro atoms. The summed E-state index contributed by atoms with van der Waals surface area (Å²) in [6, 6.07) is 0. The summed E-state index contributed by atoms with van der Waals surface area (Å²) in [7, 11) is 1.50. The summed E-state index contributed by atoms with van der Waals surface area (Å²) in [5.41, 5.74) is 0. The number of likely N-dealkylation sites (N-methyl/N-ethyl adjacent to an activating group) is 1. The lowest BCUT2D eigenvalue weighted by Crippen LogP contribution is -2.36. The second-order valence-electron chi connectivity index (χ2n) is 17.5. The van der Waals surface area contributed by atoms with Gasteiger partial charge in [-0.2, -0.15) is 4.89 Å². The standard InChI is InChI=1S/C51H99N3O7/c1-4-6-8-10-12-14-16-18-20-22-24-26-28-30-32-34-42-54(43-35-33-31-29-27-25-23-21-19-17-15-13-11-9-7-5-2)44-41-53-51(57)39-38-49(55)37-36-45-58-47-48-60-61-59-46-40-50(56)52-3/h40,46H,4-39,41-45,47-48H2,1-3H3,(H,52,56)(H,53,57)/b46-40+. The van der Waals surface area contributed by atoms with E-state index in [1.807, 2.05) is 0 Å². The van der Waals surface area contributed by atoms with Crippen LogP contribution in [0.3, 0.4) is 0 Å². The van der Waals surface area contributed by atoms with Crippen LogP contribution in [-0.2, 0) is 33.9 Å². The van der Waals surface area contributed by atoms with Gasteiger partial charge in [0.15, 0.2) is 0 Å². The summed E-state index contributed by atoms with van der Waals surface area (Å²) in [4.78, 5) is 47.8. The van der Waals surface area contributed by atoms with Gasteiger partial charge in [-0.3, -0.25) is 14.4 Å². The van der Waals surface area contributed by atoms with Crippen LogP contribution in [0.2, 0.25) is 0 Å². The highest BCUT2D eigenvalue weighted by Crippen LogP contribution is 2.16. The van der Waals surface area contributed by atoms with E-state index in [-0.39, 0.29) is 43.7 Å². The van der Waals surface area contributed by atoms with Gasteiger partial charge in [0, 0.05) is 52.1 Å². The summed E-state index contributed by atoms with van der Waals surface area (Å²) in [5.74, 6) is -0.294. The normalized spacial score (nSPS) is 11.5. The molecule has 0 radical (unpaired) electrons. The lowest BCUT2D eigenvalue weighted by molar-refractivity contribution is -0.491. The van der Waals surface area contributed by atoms with Crippen molar-refractivity contribution in [1.29, 1.82) is 0 Å². The maximum atomic E-state index is 12.6. The molecule has 0 aromatic rings. The van der Waals surface area contributed by atoms with Crippen LogP contribution >= 0.6 is 0 Å². The molecule has 0 heterocycles. The van der Waals surface area contributed by atoms with Gasteiger partial charge in [0.05, 0.1) is 6.61 Å². The maximum absolute atomic E-state index is 12.6. The first kappa shape index (κ1) is 59.0. The molecule has 0 saturated carbocycles. The molecule has 10 heteroatoms. The number of nitrogens with one attached hydrogen (secondary N) is 2. The number of amides is 2. The molecule has 0 saturated heterocycles. The fourth-order valence-electron chi connectivity index (χ4n) is 7.75. The minimum Gasteiger partial charge on any atom is -0.379 e. The van der Waals surface area contributed by atoms with E-state index in [2.05, 4.69) is 39.3 Å². The Morgan fingerprint density at radius 3 is 1.33 bits per heavy atom. The first-order valence-electron chi connectivity index (χ1n) is 25.9. The van der Waals surface area contributed by atoms with Crippen LogP contribution in [0, 0.1) is 0 Å². The molecule has 61 heavy (non-hydrogen) atoms. The van der Waals surface area contributed by atoms with Crippen LogP contribution in [0.1, 0.15) is 245 Å². The van der Waals surface area contributed by atoms with Crippen LogP contribution in [0.5, 0.6) is 0 Å². The minimum absolute atomic E-state index is 0.0427. The van der Waals surface area contributed by atoms with Crippen molar-refractivity contribution in [3.05, 3.63) is 12.3 Å². The van der Waals surface area contributed by atoms with Crippen LogP contribution in [-0.4, -0.2) is 75.5 Å². The predicted molar refractivity (Wildman–Crippen MR) is 254 cm³/mol. The summed E-state index contributed by atoms with van der Waals surface area (Å²) in [5, 5.41) is 9.92. The second kappa shape index (κ2) is 50.6. The lowest BCUT2D eigenvalue weighted by atomic mass is 10.0. The molecule has 360 valence electrons. The summed E-state index contributed by atoms with van der Waals surface area (Å²) in [6.07, 6.45) is 48.0. The highest BCUT2D eigenvalue weighted by molar-refractivity contribution is 5.86. The fourth-order valence-corrected chi connectivity index (χ4v) is 7.75. The Labute approximate surface area is 376 Å². The molecule has 0 bridgehead atoms. The van der Waals surface area contributed by atoms with Gasteiger partial charge in [-0.15, -0.1) is 0 Å². The number of carbonyl (C=O) groups is 3. The van der Waals surface area contributed by atoms with E-state index in [1.54, 1.807) is 0 Å². The van der Waals surface area contributed by atoms with E-state index < -0.39 is 0 Å². The third-order valence-corrected chi connectivity index (χ3v) is 11.7. The van der Waals surface area contributed by atoms with Crippen LogP contribution in [0.4, 0.5) is 0 Å². The Hall–Kier alpha value is -2.01. The van der Waals surface area contributed by atoms with Gasteiger partial charge in [0.25, 0.3) is 0 Å². The highest BCUT2D eigenvalue weighted by atomic mass is 17.5. The highest BCUT2D eigenvalue weighted by Gasteiger charge is 2.10. The number of ether oxygens (including phenoxy) is 1. The van der Waals surface area contributed by atoms with Crippen molar-refractivity contribution in [3.63, 3.8) is 0 Å². The molecule has 0 aliphatic heterocycles. The smallest absolute Gasteiger partial charge is 0.246 e. The average molecular weight is 866 g/mol. The Morgan fingerprint density at radius 1 is 0.475 bits per heavy atom. The van der Waals surface area contributed by atoms with E-state index in [1.165, 1.54) is 213 Å². The SMILES string of the molecule is CCCCCCCCCCCCCCCCCCN(CCCCCCCCCCCCCCCCCC)CCNC(=O)CCC(=O)CCCOCCOOO/C=C/C(=O)NC. The molecule has 10 nitrogen and oxygen atoms in total. The number of nitrogens with zero attached hydrogens (tertiary/aromatic N) is 1. The number of rotatable bonds is 51. The van der Waals surface area contributed by atoms with Crippen molar-refractivity contribution < 1.29 is 33.9 Å². The number of hydrogen-bond donors (Lipinski definition) is 2. The van der Waals surface area contributed by atoms with Gasteiger partial charge >= 0.3 is 0 Å². The minimum atomic E-state index is -0.324. The number of ketones is 1. The third kappa shape index (κ3) is 48.9. The Bertz CT molecular complexity index is 930. The number of hydrogen-bond acceptors (Lipinski definition) is 8.